The molecule has 1 atom stereocenters. The molecule has 0 radical (unpaired) electrons. The Labute approximate surface area is 103 Å². The summed E-state index contributed by atoms with van der Waals surface area (Å²) in [7, 11) is 1.58. The molecule has 0 fully saturated rings. The van der Waals surface area contributed by atoms with Crippen LogP contribution in [0.5, 0.6) is 5.75 Å². The molecule has 0 unspecified atom stereocenters. The van der Waals surface area contributed by atoms with Crippen molar-refractivity contribution in [3.05, 3.63) is 35.7 Å². The summed E-state index contributed by atoms with van der Waals surface area (Å²) >= 11 is 0. The molecule has 0 bridgehead atoms. The minimum atomic E-state index is -0.979. The standard InChI is InChI=1S/C11H12N4O3/c1-18-8-4-2-7(3-5-8)6-9(11(16)17)10-12-14-15-13-10/h2-5,9H,6H2,1H3,(H,16,17)(H,12,13,14,15)/t9-/m0/s1. The highest BCUT2D eigenvalue weighted by Crippen LogP contribution is 2.19. The van der Waals surface area contributed by atoms with Gasteiger partial charge in [-0.2, -0.15) is 5.21 Å². The molecule has 1 aromatic heterocycles. The van der Waals surface area contributed by atoms with Gasteiger partial charge in [0.15, 0.2) is 5.82 Å². The van der Waals surface area contributed by atoms with Crippen LogP contribution < -0.4 is 4.74 Å². The number of ether oxygens (including phenoxy) is 1. The number of aliphatic carboxylic acids is 1. The molecule has 0 aliphatic rings. The first-order valence-corrected chi connectivity index (χ1v) is 5.30. The van der Waals surface area contributed by atoms with Gasteiger partial charge in [0.25, 0.3) is 0 Å². The zero-order valence-electron chi connectivity index (χ0n) is 9.70. The van der Waals surface area contributed by atoms with E-state index in [1.54, 1.807) is 19.2 Å². The number of methoxy groups -OCH3 is 1. The van der Waals surface area contributed by atoms with Gasteiger partial charge in [-0.25, -0.2) is 0 Å². The van der Waals surface area contributed by atoms with E-state index in [-0.39, 0.29) is 5.82 Å². The van der Waals surface area contributed by atoms with Crippen LogP contribution in [0.1, 0.15) is 17.3 Å². The first-order valence-electron chi connectivity index (χ1n) is 5.30. The van der Waals surface area contributed by atoms with Crippen molar-refractivity contribution in [1.82, 2.24) is 20.6 Å². The SMILES string of the molecule is COc1ccc(C[C@H](C(=O)O)c2nn[nH]n2)cc1. The number of carboxylic acid groups (broad SMARTS) is 1. The van der Waals surface area contributed by atoms with Crippen LogP contribution in [0.15, 0.2) is 24.3 Å². The van der Waals surface area contributed by atoms with E-state index in [2.05, 4.69) is 20.6 Å². The number of tetrazole rings is 1. The highest BCUT2D eigenvalue weighted by atomic mass is 16.5. The molecule has 94 valence electrons. The molecule has 1 heterocycles. The van der Waals surface area contributed by atoms with Gasteiger partial charge >= 0.3 is 5.97 Å². The minimum absolute atomic E-state index is 0.179. The van der Waals surface area contributed by atoms with E-state index in [1.165, 1.54) is 0 Å². The van der Waals surface area contributed by atoms with Gasteiger partial charge < -0.3 is 9.84 Å². The molecule has 0 aliphatic heterocycles. The number of nitrogens with one attached hydrogen (secondary N) is 1. The Hall–Kier alpha value is -2.44. The lowest BCUT2D eigenvalue weighted by atomic mass is 9.99. The zero-order valence-corrected chi connectivity index (χ0v) is 9.70. The second kappa shape index (κ2) is 5.26. The molecular weight excluding hydrogens is 236 g/mol. The topological polar surface area (TPSA) is 101 Å². The van der Waals surface area contributed by atoms with E-state index in [9.17, 15) is 4.79 Å². The fourth-order valence-electron chi connectivity index (χ4n) is 1.60. The van der Waals surface area contributed by atoms with Gasteiger partial charge in [-0.3, -0.25) is 4.79 Å². The summed E-state index contributed by atoms with van der Waals surface area (Å²) in [5, 5.41) is 22.2. The molecule has 1 aromatic carbocycles. The Kier molecular flexibility index (Phi) is 3.52. The number of hydrogen-bond donors (Lipinski definition) is 2. The monoisotopic (exact) mass is 248 g/mol. The number of nitrogens with zero attached hydrogens (tertiary/aromatic N) is 3. The zero-order chi connectivity index (χ0) is 13.0. The lowest BCUT2D eigenvalue weighted by Gasteiger charge is -2.08. The van der Waals surface area contributed by atoms with Crippen molar-refractivity contribution in [1.29, 1.82) is 0 Å². The van der Waals surface area contributed by atoms with Crippen LogP contribution in [0.25, 0.3) is 0 Å². The van der Waals surface area contributed by atoms with E-state index in [0.717, 1.165) is 11.3 Å². The highest BCUT2D eigenvalue weighted by Gasteiger charge is 2.24. The van der Waals surface area contributed by atoms with Crippen LogP contribution in [0, 0.1) is 0 Å². The quantitative estimate of drug-likeness (QED) is 0.804. The first kappa shape index (κ1) is 12.0. The molecule has 2 N–H and O–H groups in total. The lowest BCUT2D eigenvalue weighted by Crippen LogP contribution is -2.16. The molecule has 0 aliphatic carbocycles. The Bertz CT molecular complexity index is 510. The molecule has 0 saturated carbocycles. The van der Waals surface area contributed by atoms with Crippen LogP contribution in [0.3, 0.4) is 0 Å². The molecular formula is C11H12N4O3. The average molecular weight is 248 g/mol. The second-order valence-corrected chi connectivity index (χ2v) is 3.71. The third kappa shape index (κ3) is 2.62. The van der Waals surface area contributed by atoms with Crippen LogP contribution in [-0.2, 0) is 11.2 Å². The fraction of sp³-hybridized carbons (Fsp3) is 0.273. The normalized spacial score (nSPS) is 12.1. The molecule has 0 saturated heterocycles. The van der Waals surface area contributed by atoms with Crippen molar-refractivity contribution in [3.63, 3.8) is 0 Å². The van der Waals surface area contributed by atoms with Crippen molar-refractivity contribution in [3.8, 4) is 5.75 Å². The summed E-state index contributed by atoms with van der Waals surface area (Å²) in [5.41, 5.74) is 0.869. The maximum absolute atomic E-state index is 11.2. The molecule has 7 nitrogen and oxygen atoms in total. The van der Waals surface area contributed by atoms with Crippen molar-refractivity contribution in [2.24, 2.45) is 0 Å². The van der Waals surface area contributed by atoms with Crippen LogP contribution in [-0.4, -0.2) is 38.8 Å². The van der Waals surface area contributed by atoms with Crippen LogP contribution in [0.4, 0.5) is 0 Å². The molecule has 7 heteroatoms. The summed E-state index contributed by atoms with van der Waals surface area (Å²) in [5.74, 6) is -0.882. The van der Waals surface area contributed by atoms with E-state index in [0.29, 0.717) is 6.42 Å². The second-order valence-electron chi connectivity index (χ2n) is 3.71. The molecule has 2 aromatic rings. The number of rotatable bonds is 5. The minimum Gasteiger partial charge on any atom is -0.497 e. The average Bonchev–Trinajstić information content (AvgIpc) is 2.90. The largest absolute Gasteiger partial charge is 0.497 e. The van der Waals surface area contributed by atoms with Gasteiger partial charge in [0.2, 0.25) is 0 Å². The van der Waals surface area contributed by atoms with Crippen LogP contribution >= 0.6 is 0 Å². The summed E-state index contributed by atoms with van der Waals surface area (Å²) < 4.78 is 5.04. The number of aromatic nitrogens is 4. The smallest absolute Gasteiger partial charge is 0.314 e. The molecule has 18 heavy (non-hydrogen) atoms. The number of H-pyrrole nitrogens is 1. The van der Waals surface area contributed by atoms with E-state index in [1.807, 2.05) is 12.1 Å². The maximum Gasteiger partial charge on any atom is 0.314 e. The number of benzene rings is 1. The Morgan fingerprint density at radius 2 is 2.17 bits per heavy atom. The maximum atomic E-state index is 11.2. The third-order valence-corrected chi connectivity index (χ3v) is 2.57. The number of hydrogen-bond acceptors (Lipinski definition) is 5. The van der Waals surface area contributed by atoms with Gasteiger partial charge in [0.05, 0.1) is 7.11 Å². The van der Waals surface area contributed by atoms with Crippen LogP contribution in [0.2, 0.25) is 0 Å². The number of carboxylic acids is 1. The van der Waals surface area contributed by atoms with Gasteiger partial charge in [-0.15, -0.1) is 10.2 Å². The molecule has 0 spiro atoms. The Morgan fingerprint density at radius 1 is 1.44 bits per heavy atom. The third-order valence-electron chi connectivity index (χ3n) is 2.57. The molecule has 0 amide bonds. The summed E-state index contributed by atoms with van der Waals surface area (Å²) in [6.45, 7) is 0. The van der Waals surface area contributed by atoms with Gasteiger partial charge in [-0.1, -0.05) is 17.3 Å². The Morgan fingerprint density at radius 3 is 2.67 bits per heavy atom. The molecule has 2 rings (SSSR count). The predicted molar refractivity (Wildman–Crippen MR) is 61.3 cm³/mol. The van der Waals surface area contributed by atoms with Crippen molar-refractivity contribution in [2.45, 2.75) is 12.3 Å². The Balaban J connectivity index is 2.16. The number of aromatic amines is 1. The van der Waals surface area contributed by atoms with Crippen molar-refractivity contribution in [2.75, 3.05) is 7.11 Å². The summed E-state index contributed by atoms with van der Waals surface area (Å²) in [4.78, 5) is 11.2. The lowest BCUT2D eigenvalue weighted by molar-refractivity contribution is -0.139. The van der Waals surface area contributed by atoms with Crippen molar-refractivity contribution < 1.29 is 14.6 Å². The number of carbonyl (C=O) groups is 1. The summed E-state index contributed by atoms with van der Waals surface area (Å²) in [6, 6.07) is 7.19. The van der Waals surface area contributed by atoms with E-state index >= 15 is 0 Å². The van der Waals surface area contributed by atoms with Gasteiger partial charge in [0.1, 0.15) is 11.7 Å². The highest BCUT2D eigenvalue weighted by molar-refractivity contribution is 5.75. The van der Waals surface area contributed by atoms with Gasteiger partial charge in [-0.05, 0) is 24.1 Å². The predicted octanol–water partition coefficient (Wildman–Crippen LogP) is 0.619. The van der Waals surface area contributed by atoms with Gasteiger partial charge in [0, 0.05) is 0 Å². The van der Waals surface area contributed by atoms with Crippen molar-refractivity contribution >= 4 is 5.97 Å². The summed E-state index contributed by atoms with van der Waals surface area (Å²) in [6.07, 6.45) is 0.304. The van der Waals surface area contributed by atoms with E-state index < -0.39 is 11.9 Å². The fourth-order valence-corrected chi connectivity index (χ4v) is 1.60. The first-order chi connectivity index (χ1) is 8.70. The van der Waals surface area contributed by atoms with E-state index in [4.69, 9.17) is 9.84 Å².